The van der Waals surface area contributed by atoms with Crippen LogP contribution in [0.2, 0.25) is 0 Å². The summed E-state index contributed by atoms with van der Waals surface area (Å²) < 4.78 is 7.61. The molecule has 2 aliphatic rings. The van der Waals surface area contributed by atoms with Gasteiger partial charge >= 0.3 is 5.97 Å². The Morgan fingerprint density at radius 3 is 2.74 bits per heavy atom. The SMILES string of the molecule is CC(C)[C@@H]1CC[C@@](C)(OC(=O)/C=C\c2cn(C3CCCCC3)nn2)C[C@H]1O. The van der Waals surface area contributed by atoms with Gasteiger partial charge in [-0.05, 0) is 50.5 Å². The number of rotatable bonds is 5. The molecule has 0 saturated heterocycles. The molecule has 3 atom stereocenters. The van der Waals surface area contributed by atoms with Crippen molar-refractivity contribution in [3.63, 3.8) is 0 Å². The van der Waals surface area contributed by atoms with E-state index in [4.69, 9.17) is 4.74 Å². The Labute approximate surface area is 162 Å². The predicted molar refractivity (Wildman–Crippen MR) is 104 cm³/mol. The lowest BCUT2D eigenvalue weighted by Crippen LogP contribution is -2.44. The first kappa shape index (κ1) is 20.1. The molecule has 2 aliphatic carbocycles. The van der Waals surface area contributed by atoms with Crippen molar-refractivity contribution in [2.45, 2.75) is 89.9 Å². The van der Waals surface area contributed by atoms with Crippen LogP contribution in [0.1, 0.15) is 83.9 Å². The summed E-state index contributed by atoms with van der Waals surface area (Å²) in [5.41, 5.74) is 0.0672. The van der Waals surface area contributed by atoms with Gasteiger partial charge in [-0.15, -0.1) is 5.10 Å². The highest BCUT2D eigenvalue weighted by atomic mass is 16.6. The Morgan fingerprint density at radius 2 is 2.07 bits per heavy atom. The number of aliphatic hydroxyl groups is 1. The van der Waals surface area contributed by atoms with Crippen molar-refractivity contribution < 1.29 is 14.6 Å². The molecule has 1 aromatic heterocycles. The monoisotopic (exact) mass is 375 g/mol. The first-order chi connectivity index (χ1) is 12.9. The summed E-state index contributed by atoms with van der Waals surface area (Å²) >= 11 is 0. The molecule has 0 bridgehead atoms. The third-order valence-corrected chi connectivity index (χ3v) is 6.21. The second-order valence-electron chi connectivity index (χ2n) is 8.84. The standard InChI is InChI=1S/C21H33N3O3/c1-15(2)18-11-12-21(3,13-19(18)25)27-20(26)10-9-16-14-24(23-22-16)17-7-5-4-6-8-17/h9-10,14-15,17-19,25H,4-8,11-13H2,1-3H3/b10-9-/t18-,19+,21+/m0/s1. The van der Waals surface area contributed by atoms with Gasteiger partial charge in [0, 0.05) is 12.5 Å². The van der Waals surface area contributed by atoms with Gasteiger partial charge < -0.3 is 9.84 Å². The van der Waals surface area contributed by atoms with Crippen molar-refractivity contribution in [3.05, 3.63) is 18.0 Å². The zero-order valence-corrected chi connectivity index (χ0v) is 16.8. The highest BCUT2D eigenvalue weighted by Crippen LogP contribution is 2.38. The van der Waals surface area contributed by atoms with Crippen molar-refractivity contribution in [2.75, 3.05) is 0 Å². The number of esters is 1. The van der Waals surface area contributed by atoms with Crippen molar-refractivity contribution in [1.29, 1.82) is 0 Å². The number of ether oxygens (including phenoxy) is 1. The average molecular weight is 376 g/mol. The molecular formula is C21H33N3O3. The molecule has 3 rings (SSSR count). The highest BCUT2D eigenvalue weighted by molar-refractivity contribution is 5.86. The molecule has 0 amide bonds. The Balaban J connectivity index is 1.54. The Kier molecular flexibility index (Phi) is 6.35. The number of carbonyl (C=O) groups excluding carboxylic acids is 1. The fraction of sp³-hybridized carbons (Fsp3) is 0.762. The molecule has 6 heteroatoms. The third kappa shape index (κ3) is 5.18. The Hall–Kier alpha value is -1.69. The van der Waals surface area contributed by atoms with Crippen molar-refractivity contribution in [1.82, 2.24) is 15.0 Å². The number of aliphatic hydroxyl groups excluding tert-OH is 1. The van der Waals surface area contributed by atoms with E-state index in [1.54, 1.807) is 6.08 Å². The van der Waals surface area contributed by atoms with Gasteiger partial charge in [-0.25, -0.2) is 9.48 Å². The molecule has 1 heterocycles. The number of carbonyl (C=O) groups is 1. The summed E-state index contributed by atoms with van der Waals surface area (Å²) in [5.74, 6) is 0.328. The molecule has 1 aromatic rings. The molecule has 27 heavy (non-hydrogen) atoms. The van der Waals surface area contributed by atoms with E-state index in [0.29, 0.717) is 24.1 Å². The van der Waals surface area contributed by atoms with Crippen molar-refractivity contribution >= 4 is 12.0 Å². The summed E-state index contributed by atoms with van der Waals surface area (Å²) in [6.07, 6.45) is 12.8. The lowest BCUT2D eigenvalue weighted by Gasteiger charge is -2.41. The van der Waals surface area contributed by atoms with Crippen LogP contribution in [0.3, 0.4) is 0 Å². The van der Waals surface area contributed by atoms with E-state index in [-0.39, 0.29) is 11.9 Å². The molecule has 0 aliphatic heterocycles. The van der Waals surface area contributed by atoms with Gasteiger partial charge in [0.25, 0.3) is 0 Å². The van der Waals surface area contributed by atoms with Crippen LogP contribution in [0.5, 0.6) is 0 Å². The molecule has 1 N–H and O–H groups in total. The van der Waals surface area contributed by atoms with Crippen LogP contribution < -0.4 is 0 Å². The second kappa shape index (κ2) is 8.55. The van der Waals surface area contributed by atoms with E-state index in [1.807, 2.05) is 17.8 Å². The number of hydrogen-bond donors (Lipinski definition) is 1. The van der Waals surface area contributed by atoms with E-state index in [9.17, 15) is 9.90 Å². The topological polar surface area (TPSA) is 77.2 Å². The maximum Gasteiger partial charge on any atom is 0.331 e. The van der Waals surface area contributed by atoms with E-state index in [0.717, 1.165) is 25.7 Å². The highest BCUT2D eigenvalue weighted by Gasteiger charge is 2.40. The fourth-order valence-corrected chi connectivity index (χ4v) is 4.55. The van der Waals surface area contributed by atoms with Gasteiger partial charge in [0.1, 0.15) is 11.3 Å². The van der Waals surface area contributed by atoms with Crippen molar-refractivity contribution in [2.24, 2.45) is 11.8 Å². The van der Waals surface area contributed by atoms with Gasteiger partial charge in [-0.2, -0.15) is 0 Å². The third-order valence-electron chi connectivity index (χ3n) is 6.21. The van der Waals surface area contributed by atoms with E-state index in [2.05, 4.69) is 24.2 Å². The van der Waals surface area contributed by atoms with Crippen LogP contribution in [0.25, 0.3) is 6.08 Å². The molecule has 2 fully saturated rings. The summed E-state index contributed by atoms with van der Waals surface area (Å²) in [5, 5.41) is 18.8. The molecule has 0 radical (unpaired) electrons. The first-order valence-electron chi connectivity index (χ1n) is 10.4. The zero-order valence-electron chi connectivity index (χ0n) is 16.8. The Bertz CT molecular complexity index is 663. The molecular weight excluding hydrogens is 342 g/mol. The van der Waals surface area contributed by atoms with Crippen LogP contribution in [-0.4, -0.2) is 37.8 Å². The quantitative estimate of drug-likeness (QED) is 0.623. The smallest absolute Gasteiger partial charge is 0.331 e. The predicted octanol–water partition coefficient (Wildman–Crippen LogP) is 3.92. The minimum atomic E-state index is -0.605. The van der Waals surface area contributed by atoms with Gasteiger partial charge in [-0.3, -0.25) is 0 Å². The summed E-state index contributed by atoms with van der Waals surface area (Å²) in [6.45, 7) is 6.18. The van der Waals surface area contributed by atoms with Gasteiger partial charge in [-0.1, -0.05) is 38.3 Å². The maximum atomic E-state index is 12.3. The average Bonchev–Trinajstić information content (AvgIpc) is 3.09. The van der Waals surface area contributed by atoms with Crippen molar-refractivity contribution in [3.8, 4) is 0 Å². The molecule has 150 valence electrons. The lowest BCUT2D eigenvalue weighted by molar-refractivity contribution is -0.161. The summed E-state index contributed by atoms with van der Waals surface area (Å²) in [6, 6.07) is 0.428. The largest absolute Gasteiger partial charge is 0.456 e. The van der Waals surface area contributed by atoms with Crippen LogP contribution in [-0.2, 0) is 9.53 Å². The minimum Gasteiger partial charge on any atom is -0.456 e. The maximum absolute atomic E-state index is 12.3. The van der Waals surface area contributed by atoms with Crippen LogP contribution in [0.15, 0.2) is 12.3 Å². The normalized spacial score (nSPS) is 30.1. The second-order valence-corrected chi connectivity index (χ2v) is 8.84. The molecule has 0 aromatic carbocycles. The summed E-state index contributed by atoms with van der Waals surface area (Å²) in [7, 11) is 0. The minimum absolute atomic E-state index is 0.280. The fourth-order valence-electron chi connectivity index (χ4n) is 4.55. The molecule has 2 saturated carbocycles. The molecule has 0 spiro atoms. The number of aromatic nitrogens is 3. The summed E-state index contributed by atoms with van der Waals surface area (Å²) in [4.78, 5) is 12.3. The van der Waals surface area contributed by atoms with E-state index in [1.165, 1.54) is 25.3 Å². The van der Waals surface area contributed by atoms with Crippen LogP contribution in [0, 0.1) is 11.8 Å². The molecule has 6 nitrogen and oxygen atoms in total. The van der Waals surface area contributed by atoms with Gasteiger partial charge in [0.05, 0.1) is 18.3 Å². The van der Waals surface area contributed by atoms with Gasteiger partial charge in [0.15, 0.2) is 0 Å². The zero-order chi connectivity index (χ0) is 19.4. The lowest BCUT2D eigenvalue weighted by atomic mass is 9.73. The van der Waals surface area contributed by atoms with Crippen LogP contribution in [0.4, 0.5) is 0 Å². The van der Waals surface area contributed by atoms with E-state index >= 15 is 0 Å². The molecule has 0 unspecified atom stereocenters. The number of nitrogens with zero attached hydrogens (tertiary/aromatic N) is 3. The Morgan fingerprint density at radius 1 is 1.33 bits per heavy atom. The van der Waals surface area contributed by atoms with E-state index < -0.39 is 11.7 Å². The van der Waals surface area contributed by atoms with Gasteiger partial charge in [0.2, 0.25) is 0 Å². The van der Waals surface area contributed by atoms with Crippen LogP contribution >= 0.6 is 0 Å². The number of hydrogen-bond acceptors (Lipinski definition) is 5. The first-order valence-corrected chi connectivity index (χ1v) is 10.4.